The molecule has 1 aliphatic rings. The van der Waals surface area contributed by atoms with Gasteiger partial charge in [-0.1, -0.05) is 17.7 Å². The minimum atomic E-state index is -0.0472. The van der Waals surface area contributed by atoms with Crippen LogP contribution in [-0.4, -0.2) is 4.98 Å². The molecule has 0 radical (unpaired) electrons. The topological polar surface area (TPSA) is 50.9 Å². The molecule has 0 spiro atoms. The van der Waals surface area contributed by atoms with Gasteiger partial charge in [-0.3, -0.25) is 10.8 Å². The Morgan fingerprint density at radius 3 is 2.94 bits per heavy atom. The Hall–Kier alpha value is -0.900. The van der Waals surface area contributed by atoms with E-state index >= 15 is 0 Å². The summed E-state index contributed by atoms with van der Waals surface area (Å²) < 4.78 is 0. The summed E-state index contributed by atoms with van der Waals surface area (Å²) in [4.78, 5) is 4.31. The molecule has 0 aliphatic heterocycles. The van der Waals surface area contributed by atoms with Crippen molar-refractivity contribution in [3.8, 4) is 0 Å². The van der Waals surface area contributed by atoms with Crippen molar-refractivity contribution in [3.63, 3.8) is 0 Å². The molecule has 1 heterocycles. The van der Waals surface area contributed by atoms with E-state index in [4.69, 9.17) is 17.4 Å². The van der Waals surface area contributed by atoms with Gasteiger partial charge >= 0.3 is 0 Å². The second-order valence-corrected chi connectivity index (χ2v) is 4.40. The second-order valence-electron chi connectivity index (χ2n) is 3.99. The Labute approximate surface area is 101 Å². The third kappa shape index (κ3) is 2.43. The molecular weight excluding hydrogens is 222 g/mol. The average Bonchev–Trinajstić information content (AvgIpc) is 2.34. The minimum absolute atomic E-state index is 0.0472. The highest BCUT2D eigenvalue weighted by molar-refractivity contribution is 6.31. The van der Waals surface area contributed by atoms with Crippen molar-refractivity contribution in [1.82, 2.24) is 10.4 Å². The number of pyridine rings is 1. The molecule has 1 atom stereocenters. The van der Waals surface area contributed by atoms with Crippen molar-refractivity contribution in [2.45, 2.75) is 31.7 Å². The SMILES string of the molecule is NNC(C1=CCCCC1)c1ncccc1Cl. The Morgan fingerprint density at radius 2 is 2.31 bits per heavy atom. The molecular formula is C12H16ClN3. The van der Waals surface area contributed by atoms with Gasteiger partial charge in [0.2, 0.25) is 0 Å². The predicted octanol–water partition coefficient (Wildman–Crippen LogP) is 2.74. The molecule has 0 saturated heterocycles. The van der Waals surface area contributed by atoms with Gasteiger partial charge in [0.1, 0.15) is 0 Å². The molecule has 16 heavy (non-hydrogen) atoms. The summed E-state index contributed by atoms with van der Waals surface area (Å²) in [5.74, 6) is 5.62. The van der Waals surface area contributed by atoms with E-state index in [-0.39, 0.29) is 6.04 Å². The molecule has 3 N–H and O–H groups in total. The van der Waals surface area contributed by atoms with Crippen LogP contribution in [0.5, 0.6) is 0 Å². The normalized spacial score (nSPS) is 18.0. The van der Waals surface area contributed by atoms with E-state index in [1.807, 2.05) is 12.1 Å². The monoisotopic (exact) mass is 237 g/mol. The van der Waals surface area contributed by atoms with Crippen LogP contribution in [0.15, 0.2) is 30.0 Å². The smallest absolute Gasteiger partial charge is 0.0856 e. The summed E-state index contributed by atoms with van der Waals surface area (Å²) in [5.41, 5.74) is 4.93. The summed E-state index contributed by atoms with van der Waals surface area (Å²) in [6.07, 6.45) is 8.67. The Kier molecular flexibility index (Phi) is 3.93. The number of nitrogens with zero attached hydrogens (tertiary/aromatic N) is 1. The van der Waals surface area contributed by atoms with E-state index in [9.17, 15) is 0 Å². The maximum Gasteiger partial charge on any atom is 0.0856 e. The van der Waals surface area contributed by atoms with Crippen molar-refractivity contribution in [2.75, 3.05) is 0 Å². The van der Waals surface area contributed by atoms with Crippen molar-refractivity contribution in [2.24, 2.45) is 5.84 Å². The van der Waals surface area contributed by atoms with Crippen molar-refractivity contribution < 1.29 is 0 Å². The summed E-state index contributed by atoms with van der Waals surface area (Å²) in [6.45, 7) is 0. The van der Waals surface area contributed by atoms with Crippen LogP contribution < -0.4 is 11.3 Å². The standard InChI is InChI=1S/C12H16ClN3/c13-10-7-4-8-15-12(10)11(16-14)9-5-2-1-3-6-9/h4-5,7-8,11,16H,1-3,6,14H2. The Bertz CT molecular complexity index is 390. The highest BCUT2D eigenvalue weighted by Crippen LogP contribution is 2.31. The van der Waals surface area contributed by atoms with E-state index < -0.39 is 0 Å². The van der Waals surface area contributed by atoms with E-state index in [0.717, 1.165) is 18.5 Å². The number of aromatic nitrogens is 1. The fraction of sp³-hybridized carbons (Fsp3) is 0.417. The number of halogens is 1. The maximum atomic E-state index is 6.13. The highest BCUT2D eigenvalue weighted by atomic mass is 35.5. The molecule has 0 amide bonds. The van der Waals surface area contributed by atoms with Gasteiger partial charge in [-0.15, -0.1) is 0 Å². The van der Waals surface area contributed by atoms with Crippen LogP contribution in [0.2, 0.25) is 5.02 Å². The molecule has 0 saturated carbocycles. The molecule has 1 aromatic heterocycles. The Balaban J connectivity index is 2.28. The van der Waals surface area contributed by atoms with Crippen LogP contribution in [-0.2, 0) is 0 Å². The van der Waals surface area contributed by atoms with Gasteiger partial charge in [0.25, 0.3) is 0 Å². The third-order valence-electron chi connectivity index (χ3n) is 2.92. The molecule has 0 bridgehead atoms. The predicted molar refractivity (Wildman–Crippen MR) is 65.9 cm³/mol. The summed E-state index contributed by atoms with van der Waals surface area (Å²) in [7, 11) is 0. The van der Waals surface area contributed by atoms with Gasteiger partial charge in [-0.05, 0) is 43.4 Å². The summed E-state index contributed by atoms with van der Waals surface area (Å²) in [5, 5.41) is 0.664. The van der Waals surface area contributed by atoms with Crippen molar-refractivity contribution in [1.29, 1.82) is 0 Å². The first-order valence-electron chi connectivity index (χ1n) is 5.58. The zero-order chi connectivity index (χ0) is 11.4. The second kappa shape index (κ2) is 5.43. The van der Waals surface area contributed by atoms with Crippen molar-refractivity contribution in [3.05, 3.63) is 40.7 Å². The number of rotatable bonds is 3. The molecule has 1 aliphatic carbocycles. The van der Waals surface area contributed by atoms with E-state index in [2.05, 4.69) is 16.5 Å². The van der Waals surface area contributed by atoms with Crippen LogP contribution in [0.4, 0.5) is 0 Å². The van der Waals surface area contributed by atoms with Crippen LogP contribution in [0.1, 0.15) is 37.4 Å². The maximum absolute atomic E-state index is 6.13. The number of hydrogen-bond donors (Lipinski definition) is 2. The summed E-state index contributed by atoms with van der Waals surface area (Å²) >= 11 is 6.13. The zero-order valence-corrected chi connectivity index (χ0v) is 9.87. The molecule has 0 aromatic carbocycles. The first-order chi connectivity index (χ1) is 7.83. The lowest BCUT2D eigenvalue weighted by Crippen LogP contribution is -2.30. The van der Waals surface area contributed by atoms with Gasteiger partial charge < -0.3 is 0 Å². The number of nitrogens with one attached hydrogen (secondary N) is 1. The third-order valence-corrected chi connectivity index (χ3v) is 3.24. The lowest BCUT2D eigenvalue weighted by Gasteiger charge is -2.22. The fourth-order valence-corrected chi connectivity index (χ4v) is 2.33. The van der Waals surface area contributed by atoms with Crippen LogP contribution in [0.3, 0.4) is 0 Å². The van der Waals surface area contributed by atoms with Gasteiger partial charge in [-0.2, -0.15) is 0 Å². The van der Waals surface area contributed by atoms with Crippen LogP contribution >= 0.6 is 11.6 Å². The van der Waals surface area contributed by atoms with Gasteiger partial charge in [0.05, 0.1) is 16.8 Å². The molecule has 0 fully saturated rings. The van der Waals surface area contributed by atoms with E-state index in [1.54, 1.807) is 6.20 Å². The number of nitrogens with two attached hydrogens (primary N) is 1. The van der Waals surface area contributed by atoms with Gasteiger partial charge in [0, 0.05) is 6.20 Å². The molecule has 4 heteroatoms. The van der Waals surface area contributed by atoms with Gasteiger partial charge in [-0.25, -0.2) is 5.43 Å². The minimum Gasteiger partial charge on any atom is -0.271 e. The number of allylic oxidation sites excluding steroid dienone is 1. The van der Waals surface area contributed by atoms with Crippen LogP contribution in [0.25, 0.3) is 0 Å². The van der Waals surface area contributed by atoms with Crippen LogP contribution in [0, 0.1) is 0 Å². The lowest BCUT2D eigenvalue weighted by molar-refractivity contribution is 0.556. The number of hydrazine groups is 1. The largest absolute Gasteiger partial charge is 0.271 e. The lowest BCUT2D eigenvalue weighted by atomic mass is 9.92. The highest BCUT2D eigenvalue weighted by Gasteiger charge is 2.20. The first kappa shape index (κ1) is 11.6. The zero-order valence-electron chi connectivity index (χ0n) is 9.12. The Morgan fingerprint density at radius 1 is 1.44 bits per heavy atom. The molecule has 1 aromatic rings. The number of hydrogen-bond acceptors (Lipinski definition) is 3. The van der Waals surface area contributed by atoms with Gasteiger partial charge in [0.15, 0.2) is 0 Å². The average molecular weight is 238 g/mol. The molecule has 86 valence electrons. The molecule has 2 rings (SSSR count). The fourth-order valence-electron chi connectivity index (χ4n) is 2.10. The van der Waals surface area contributed by atoms with Crippen molar-refractivity contribution >= 4 is 11.6 Å². The molecule has 3 nitrogen and oxygen atoms in total. The van der Waals surface area contributed by atoms with E-state index in [0.29, 0.717) is 5.02 Å². The molecule has 1 unspecified atom stereocenters. The van der Waals surface area contributed by atoms with E-state index in [1.165, 1.54) is 18.4 Å². The first-order valence-corrected chi connectivity index (χ1v) is 5.96. The quantitative estimate of drug-likeness (QED) is 0.483. The summed E-state index contributed by atoms with van der Waals surface area (Å²) in [6, 6.07) is 3.63.